The number of aliphatic hydroxyl groups is 1. The van der Waals surface area contributed by atoms with Crippen LogP contribution in [0.2, 0.25) is 0 Å². The number of carbonyl (C=O) groups is 3. The van der Waals surface area contributed by atoms with E-state index in [-0.39, 0.29) is 31.0 Å². The molecule has 2 fully saturated rings. The minimum Gasteiger partial charge on any atom is -0.394 e. The van der Waals surface area contributed by atoms with Crippen molar-refractivity contribution in [3.05, 3.63) is 0 Å². The molecule has 1 aliphatic heterocycles. The van der Waals surface area contributed by atoms with Gasteiger partial charge >= 0.3 is 6.03 Å². The molecule has 1 aliphatic carbocycles. The zero-order valence-corrected chi connectivity index (χ0v) is 14.2. The predicted octanol–water partition coefficient (Wildman–Crippen LogP) is 0.165. The zero-order valence-electron chi connectivity index (χ0n) is 14.2. The molecule has 1 saturated carbocycles. The van der Waals surface area contributed by atoms with E-state index in [2.05, 4.69) is 5.32 Å². The Morgan fingerprint density at radius 1 is 1.30 bits per heavy atom. The monoisotopic (exact) mass is 325 g/mol. The van der Waals surface area contributed by atoms with E-state index in [1.165, 1.54) is 4.90 Å². The van der Waals surface area contributed by atoms with Gasteiger partial charge in [-0.25, -0.2) is 4.79 Å². The fourth-order valence-electron chi connectivity index (χ4n) is 3.78. The molecule has 2 amide bonds. The van der Waals surface area contributed by atoms with Crippen LogP contribution in [0.15, 0.2) is 0 Å². The van der Waals surface area contributed by atoms with Crippen LogP contribution in [0.1, 0.15) is 39.0 Å². The summed E-state index contributed by atoms with van der Waals surface area (Å²) in [5.74, 6) is -0.286. The molecule has 2 N–H and O–H groups in total. The fourth-order valence-corrected chi connectivity index (χ4v) is 3.78. The Morgan fingerprint density at radius 2 is 1.91 bits per heavy atom. The summed E-state index contributed by atoms with van der Waals surface area (Å²) >= 11 is 0. The van der Waals surface area contributed by atoms with Gasteiger partial charge in [0, 0.05) is 25.9 Å². The van der Waals surface area contributed by atoms with Crippen LogP contribution in [0.4, 0.5) is 4.79 Å². The van der Waals surface area contributed by atoms with E-state index in [1.807, 2.05) is 19.0 Å². The lowest BCUT2D eigenvalue weighted by atomic mass is 9.83. The first kappa shape index (κ1) is 17.9. The molecule has 1 atom stereocenters. The molecule has 0 unspecified atom stereocenters. The van der Waals surface area contributed by atoms with Gasteiger partial charge in [-0.15, -0.1) is 0 Å². The molecule has 2 aliphatic rings. The van der Waals surface area contributed by atoms with Crippen molar-refractivity contribution in [2.24, 2.45) is 0 Å². The fraction of sp³-hybridized carbons (Fsp3) is 0.812. The molecular weight excluding hydrogens is 298 g/mol. The van der Waals surface area contributed by atoms with Gasteiger partial charge < -0.3 is 20.2 Å². The molecule has 2 rings (SSSR count). The molecule has 0 aromatic carbocycles. The van der Waals surface area contributed by atoms with E-state index >= 15 is 0 Å². The molecule has 0 aromatic heterocycles. The number of urea groups is 1. The van der Waals surface area contributed by atoms with Crippen LogP contribution in [0.3, 0.4) is 0 Å². The lowest BCUT2D eigenvalue weighted by molar-refractivity contribution is -0.138. The summed E-state index contributed by atoms with van der Waals surface area (Å²) in [5.41, 5.74) is -2.10. The van der Waals surface area contributed by atoms with Gasteiger partial charge in [-0.3, -0.25) is 9.59 Å². The Kier molecular flexibility index (Phi) is 5.10. The SMILES string of the molecule is CN(C)C[C@](C)(CO)NC(=O)N1CCCCC12C(=O)CCC2=O. The molecule has 130 valence electrons. The van der Waals surface area contributed by atoms with E-state index in [0.29, 0.717) is 19.5 Å². The van der Waals surface area contributed by atoms with E-state index in [0.717, 1.165) is 12.8 Å². The first-order valence-corrected chi connectivity index (χ1v) is 8.17. The van der Waals surface area contributed by atoms with Crippen molar-refractivity contribution in [2.75, 3.05) is 33.8 Å². The third-order valence-corrected chi connectivity index (χ3v) is 4.80. The second-order valence-electron chi connectivity index (χ2n) is 7.20. The molecule has 1 saturated heterocycles. The Bertz CT molecular complexity index is 490. The third-order valence-electron chi connectivity index (χ3n) is 4.80. The van der Waals surface area contributed by atoms with Crippen LogP contribution in [0, 0.1) is 0 Å². The highest BCUT2D eigenvalue weighted by atomic mass is 16.3. The number of hydrogen-bond acceptors (Lipinski definition) is 5. The van der Waals surface area contributed by atoms with Gasteiger partial charge in [0.05, 0.1) is 12.1 Å². The minimum atomic E-state index is -1.27. The van der Waals surface area contributed by atoms with Crippen LogP contribution in [-0.4, -0.2) is 77.4 Å². The van der Waals surface area contributed by atoms with Gasteiger partial charge in [0.2, 0.25) is 0 Å². The quantitative estimate of drug-likeness (QED) is 0.719. The predicted molar refractivity (Wildman–Crippen MR) is 85.1 cm³/mol. The number of hydrogen-bond donors (Lipinski definition) is 2. The van der Waals surface area contributed by atoms with Crippen molar-refractivity contribution in [3.63, 3.8) is 0 Å². The van der Waals surface area contributed by atoms with Gasteiger partial charge in [0.1, 0.15) is 0 Å². The van der Waals surface area contributed by atoms with Crippen LogP contribution in [-0.2, 0) is 9.59 Å². The first-order valence-electron chi connectivity index (χ1n) is 8.17. The summed E-state index contributed by atoms with van der Waals surface area (Å²) in [6.45, 7) is 2.38. The van der Waals surface area contributed by atoms with E-state index in [1.54, 1.807) is 6.92 Å². The third kappa shape index (κ3) is 3.26. The first-order chi connectivity index (χ1) is 10.7. The number of likely N-dealkylation sites (N-methyl/N-ethyl adjacent to an activating group) is 1. The Balaban J connectivity index is 2.22. The molecule has 1 spiro atoms. The van der Waals surface area contributed by atoms with Gasteiger partial charge in [-0.05, 0) is 40.3 Å². The van der Waals surface area contributed by atoms with Crippen LogP contribution in [0.5, 0.6) is 0 Å². The van der Waals surface area contributed by atoms with Crippen LogP contribution < -0.4 is 5.32 Å². The smallest absolute Gasteiger partial charge is 0.319 e. The average Bonchev–Trinajstić information content (AvgIpc) is 2.76. The molecule has 7 heteroatoms. The van der Waals surface area contributed by atoms with Crippen molar-refractivity contribution in [2.45, 2.75) is 50.1 Å². The lowest BCUT2D eigenvalue weighted by Crippen LogP contribution is -2.66. The second kappa shape index (κ2) is 6.57. The summed E-state index contributed by atoms with van der Waals surface area (Å²) in [6, 6.07) is -0.438. The normalized spacial score (nSPS) is 23.4. The molecule has 0 bridgehead atoms. The van der Waals surface area contributed by atoms with Gasteiger partial charge in [0.15, 0.2) is 17.1 Å². The Labute approximate surface area is 137 Å². The maximum Gasteiger partial charge on any atom is 0.319 e. The lowest BCUT2D eigenvalue weighted by Gasteiger charge is -2.44. The summed E-state index contributed by atoms with van der Waals surface area (Å²) in [6.07, 6.45) is 2.41. The second-order valence-corrected chi connectivity index (χ2v) is 7.20. The molecule has 0 radical (unpaired) electrons. The number of ketones is 2. The highest BCUT2D eigenvalue weighted by Gasteiger charge is 2.56. The number of piperidine rings is 1. The number of nitrogens with one attached hydrogen (secondary N) is 1. The summed E-state index contributed by atoms with van der Waals surface area (Å²) < 4.78 is 0. The van der Waals surface area contributed by atoms with Gasteiger partial charge in [0.25, 0.3) is 0 Å². The number of nitrogens with zero attached hydrogens (tertiary/aromatic N) is 2. The Hall–Kier alpha value is -1.47. The largest absolute Gasteiger partial charge is 0.394 e. The maximum absolute atomic E-state index is 12.8. The molecule has 1 heterocycles. The minimum absolute atomic E-state index is 0.143. The zero-order chi connectivity index (χ0) is 17.3. The van der Waals surface area contributed by atoms with Gasteiger partial charge in [-0.1, -0.05) is 0 Å². The maximum atomic E-state index is 12.8. The molecule has 7 nitrogen and oxygen atoms in total. The van der Waals surface area contributed by atoms with Crippen molar-refractivity contribution in [1.82, 2.24) is 15.1 Å². The summed E-state index contributed by atoms with van der Waals surface area (Å²) in [5, 5.41) is 12.5. The number of likely N-dealkylation sites (tertiary alicyclic amines) is 1. The van der Waals surface area contributed by atoms with Crippen LogP contribution >= 0.6 is 0 Å². The molecule has 0 aromatic rings. The average molecular weight is 325 g/mol. The Morgan fingerprint density at radius 3 is 2.43 bits per heavy atom. The van der Waals surface area contributed by atoms with Crippen molar-refractivity contribution < 1.29 is 19.5 Å². The van der Waals surface area contributed by atoms with Crippen molar-refractivity contribution >= 4 is 17.6 Å². The summed E-state index contributed by atoms with van der Waals surface area (Å²) in [7, 11) is 3.71. The summed E-state index contributed by atoms with van der Waals surface area (Å²) in [4.78, 5) is 40.8. The van der Waals surface area contributed by atoms with Crippen molar-refractivity contribution in [3.8, 4) is 0 Å². The van der Waals surface area contributed by atoms with E-state index in [9.17, 15) is 19.5 Å². The molecule has 23 heavy (non-hydrogen) atoms. The standard InChI is InChI=1S/C16H27N3O4/c1-15(11-20,10-18(2)3)17-14(23)19-9-5-4-8-16(19)12(21)6-7-13(16)22/h20H,4-11H2,1-3H3,(H,17,23)/t15-/m1/s1. The molecular formula is C16H27N3O4. The number of amides is 2. The number of Topliss-reactive ketones (excluding diaryl/α,β-unsaturated/α-hetero) is 2. The highest BCUT2D eigenvalue weighted by molar-refractivity contribution is 6.18. The van der Waals surface area contributed by atoms with Gasteiger partial charge in [-0.2, -0.15) is 0 Å². The van der Waals surface area contributed by atoms with E-state index in [4.69, 9.17) is 0 Å². The van der Waals surface area contributed by atoms with Crippen LogP contribution in [0.25, 0.3) is 0 Å². The topological polar surface area (TPSA) is 89.9 Å². The number of carbonyl (C=O) groups excluding carboxylic acids is 3. The van der Waals surface area contributed by atoms with E-state index < -0.39 is 17.1 Å². The highest BCUT2D eigenvalue weighted by Crippen LogP contribution is 2.37. The van der Waals surface area contributed by atoms with Crippen molar-refractivity contribution in [1.29, 1.82) is 0 Å². The number of rotatable bonds is 4. The number of aliphatic hydroxyl groups excluding tert-OH is 1.